The fraction of sp³-hybridized carbons (Fsp3) is 0. The van der Waals surface area contributed by atoms with E-state index in [1.54, 1.807) is 0 Å². The molecular formula is C116H68N6S3. The fourth-order valence-corrected chi connectivity index (χ4v) is 22.3. The van der Waals surface area contributed by atoms with Gasteiger partial charge in [0.1, 0.15) is 0 Å². The summed E-state index contributed by atoms with van der Waals surface area (Å²) < 4.78 is 7.98. The van der Waals surface area contributed by atoms with E-state index < -0.39 is 0 Å². The SMILES string of the molecule is c1ccc2c(c1)sc1ccc(-c3ccc(-c4ccc(-c5cnc6c7ccccc7c7ccccc7c6n5)cc4)cc3)cc12.c1ccc2c(c1)sc1ccc(-c3ccc4ccc(-c5cnc6c7ccccc7c7ccccc7c6n5)cc4c3)cc12.c1ccc2c(c1)sc1ccc(-c3cccc4c(-c5cnc6c7ccccc7c7ccccc7c6n5)cccc34)cc12. The lowest BCUT2D eigenvalue weighted by Crippen LogP contribution is -1.93. The van der Waals surface area contributed by atoms with Crippen molar-refractivity contribution in [3.63, 3.8) is 0 Å². The molecule has 0 fully saturated rings. The van der Waals surface area contributed by atoms with E-state index in [1.807, 2.05) is 52.6 Å². The normalized spacial score (nSPS) is 11.8. The van der Waals surface area contributed by atoms with Crippen molar-refractivity contribution in [2.75, 3.05) is 0 Å². The molecule has 0 aliphatic carbocycles. The monoisotopic (exact) mass is 1640 g/mol. The molecule has 6 nitrogen and oxygen atoms in total. The first-order chi connectivity index (χ1) is 61.9. The van der Waals surface area contributed by atoms with Crippen molar-refractivity contribution < 1.29 is 0 Å². The Hall–Kier alpha value is -15.6. The summed E-state index contributed by atoms with van der Waals surface area (Å²) in [6.45, 7) is 0. The topological polar surface area (TPSA) is 77.3 Å². The summed E-state index contributed by atoms with van der Waals surface area (Å²) in [5.41, 5.74) is 21.3. The lowest BCUT2D eigenvalue weighted by atomic mass is 9.94. The standard InChI is InChI=1S/C40H24N2S.2C38H22N2S/c1-3-10-33-30(7-1)31-8-2-4-11-34(31)40-39(33)41-24-36(42-40)28-19-17-26(18-20-28)25-13-15-27(16-14-25)29-21-22-38-35(23-29)32-9-5-6-12-37(32)43-38;1-3-12-31-27(9-1)28-10-2-4-13-32(28)38-37(31)39-22-34(40-38)29-17-8-15-25-24(14-7-16-26(25)29)23-19-20-36-33(21-23)30-11-5-6-18-35(30)41-36;1-3-10-31-28(7-1)29-8-2-4-11-32(29)38-37(31)39-22-34(40-38)26-16-14-23-13-15-24(19-27(23)20-26)25-17-18-36-33(21-25)30-9-5-6-12-35(30)41-36/h1-24H;2*1-22H. The molecule has 0 atom stereocenters. The van der Waals surface area contributed by atoms with Gasteiger partial charge in [0, 0.05) is 110 Å². The molecule has 0 saturated carbocycles. The maximum atomic E-state index is 5.28. The summed E-state index contributed by atoms with van der Waals surface area (Å²) >= 11 is 5.57. The average Bonchev–Trinajstić information content (AvgIpc) is 1.70. The molecule has 27 rings (SSSR count). The second kappa shape index (κ2) is 29.6. The van der Waals surface area contributed by atoms with Crippen LogP contribution in [0.3, 0.4) is 0 Å². The Balaban J connectivity index is 0.000000103. The van der Waals surface area contributed by atoms with Crippen LogP contribution < -0.4 is 0 Å². The highest BCUT2D eigenvalue weighted by Gasteiger charge is 2.20. The minimum Gasteiger partial charge on any atom is -0.252 e. The average molecular weight is 1640 g/mol. The van der Waals surface area contributed by atoms with Crippen molar-refractivity contribution in [1.82, 2.24) is 29.9 Å². The Labute approximate surface area is 729 Å². The largest absolute Gasteiger partial charge is 0.252 e. The van der Waals surface area contributed by atoms with Gasteiger partial charge in [-0.25, -0.2) is 15.0 Å². The molecule has 27 aromatic rings. The zero-order valence-electron chi connectivity index (χ0n) is 67.2. The first-order valence-corrected chi connectivity index (χ1v) is 44.6. The quantitative estimate of drug-likeness (QED) is 0.148. The zero-order chi connectivity index (χ0) is 82.2. The first-order valence-electron chi connectivity index (χ1n) is 42.1. The van der Waals surface area contributed by atoms with Crippen LogP contribution in [0.25, 0.3) is 258 Å². The third-order valence-electron chi connectivity index (χ3n) is 25.1. The van der Waals surface area contributed by atoms with Crippen molar-refractivity contribution in [1.29, 1.82) is 0 Å². The van der Waals surface area contributed by atoms with Gasteiger partial charge in [0.25, 0.3) is 0 Å². The molecule has 0 bridgehead atoms. The van der Waals surface area contributed by atoms with Crippen LogP contribution in [0.4, 0.5) is 0 Å². The van der Waals surface area contributed by atoms with Crippen LogP contribution >= 0.6 is 34.0 Å². The van der Waals surface area contributed by atoms with Gasteiger partial charge in [-0.05, 0) is 165 Å². The van der Waals surface area contributed by atoms with Gasteiger partial charge in [-0.1, -0.05) is 328 Å². The fourth-order valence-electron chi connectivity index (χ4n) is 19.0. The molecule has 9 heteroatoms. The summed E-state index contributed by atoms with van der Waals surface area (Å²) in [5, 5.41) is 26.8. The van der Waals surface area contributed by atoms with E-state index in [4.69, 9.17) is 29.9 Å². The smallest absolute Gasteiger partial charge is 0.0979 e. The summed E-state index contributed by atoms with van der Waals surface area (Å²) in [6.07, 6.45) is 5.76. The number of hydrogen-bond donors (Lipinski definition) is 0. The molecule has 0 saturated heterocycles. The zero-order valence-corrected chi connectivity index (χ0v) is 69.6. The highest BCUT2D eigenvalue weighted by Crippen LogP contribution is 2.45. The molecule has 125 heavy (non-hydrogen) atoms. The molecule has 21 aromatic carbocycles. The maximum absolute atomic E-state index is 5.28. The van der Waals surface area contributed by atoms with E-state index in [0.29, 0.717) is 0 Å². The van der Waals surface area contributed by atoms with Crippen molar-refractivity contribution in [3.05, 3.63) is 413 Å². The van der Waals surface area contributed by atoms with Gasteiger partial charge in [-0.2, -0.15) is 0 Å². The van der Waals surface area contributed by atoms with E-state index in [9.17, 15) is 0 Å². The number of rotatable bonds is 7. The summed E-state index contributed by atoms with van der Waals surface area (Å²) in [7, 11) is 0. The molecule has 0 spiro atoms. The van der Waals surface area contributed by atoms with E-state index in [1.165, 1.54) is 159 Å². The molecule has 0 amide bonds. The van der Waals surface area contributed by atoms with Gasteiger partial charge in [0.05, 0.1) is 68.8 Å². The third-order valence-corrected chi connectivity index (χ3v) is 28.6. The van der Waals surface area contributed by atoms with Crippen molar-refractivity contribution in [3.8, 4) is 78.3 Å². The van der Waals surface area contributed by atoms with Crippen molar-refractivity contribution in [2.45, 2.75) is 0 Å². The van der Waals surface area contributed by atoms with Gasteiger partial charge < -0.3 is 0 Å². The van der Waals surface area contributed by atoms with Crippen molar-refractivity contribution in [2.24, 2.45) is 0 Å². The second-order valence-corrected chi connectivity index (χ2v) is 35.4. The number of aromatic nitrogens is 6. The number of nitrogens with zero attached hydrogens (tertiary/aromatic N) is 6. The molecule has 0 N–H and O–H groups in total. The lowest BCUT2D eigenvalue weighted by Gasteiger charge is -2.13. The Morgan fingerprint density at radius 1 is 0.144 bits per heavy atom. The Morgan fingerprint density at radius 2 is 0.408 bits per heavy atom. The summed E-state index contributed by atoms with van der Waals surface area (Å²) in [6, 6.07) is 142. The molecule has 580 valence electrons. The van der Waals surface area contributed by atoms with Gasteiger partial charge >= 0.3 is 0 Å². The van der Waals surface area contributed by atoms with E-state index in [0.717, 1.165) is 99.2 Å². The first kappa shape index (κ1) is 72.2. The number of hydrogen-bond acceptors (Lipinski definition) is 9. The highest BCUT2D eigenvalue weighted by molar-refractivity contribution is 7.26. The molecule has 6 heterocycles. The Bertz CT molecular complexity index is 9040. The lowest BCUT2D eigenvalue weighted by molar-refractivity contribution is 1.31. The van der Waals surface area contributed by atoms with E-state index in [-0.39, 0.29) is 0 Å². The van der Waals surface area contributed by atoms with Gasteiger partial charge in [0.2, 0.25) is 0 Å². The molecule has 0 aliphatic heterocycles. The predicted octanol–water partition coefficient (Wildman–Crippen LogP) is 32.9. The summed E-state index contributed by atoms with van der Waals surface area (Å²) in [4.78, 5) is 30.5. The predicted molar refractivity (Wildman–Crippen MR) is 535 cm³/mol. The molecule has 0 unspecified atom stereocenters. The van der Waals surface area contributed by atoms with Crippen LogP contribution in [0.5, 0.6) is 0 Å². The molecule has 6 aromatic heterocycles. The maximum Gasteiger partial charge on any atom is 0.0979 e. The van der Waals surface area contributed by atoms with Gasteiger partial charge in [-0.15, -0.1) is 34.0 Å². The van der Waals surface area contributed by atoms with Crippen LogP contribution in [-0.2, 0) is 0 Å². The summed E-state index contributed by atoms with van der Waals surface area (Å²) in [5.74, 6) is 0. The van der Waals surface area contributed by atoms with Gasteiger partial charge in [-0.3, -0.25) is 15.0 Å². The van der Waals surface area contributed by atoms with Crippen LogP contribution in [0, 0.1) is 0 Å². The second-order valence-electron chi connectivity index (χ2n) is 32.2. The van der Waals surface area contributed by atoms with E-state index in [2.05, 4.69) is 394 Å². The number of benzene rings is 21. The third kappa shape index (κ3) is 12.3. The Kier molecular flexibility index (Phi) is 17.1. The number of fused-ring (bicyclic) bond motifs is 29. The minimum absolute atomic E-state index is 0.881. The minimum atomic E-state index is 0.881. The van der Waals surface area contributed by atoms with Gasteiger partial charge in [0.15, 0.2) is 0 Å². The molecule has 0 radical (unpaired) electrons. The highest BCUT2D eigenvalue weighted by atomic mass is 32.1. The van der Waals surface area contributed by atoms with Crippen LogP contribution in [0.2, 0.25) is 0 Å². The van der Waals surface area contributed by atoms with Crippen LogP contribution in [0.15, 0.2) is 413 Å². The number of thiophene rings is 3. The van der Waals surface area contributed by atoms with Crippen molar-refractivity contribution >= 4 is 214 Å². The van der Waals surface area contributed by atoms with Crippen LogP contribution in [0.1, 0.15) is 0 Å². The van der Waals surface area contributed by atoms with Crippen LogP contribution in [-0.4, -0.2) is 29.9 Å². The molecular weight excluding hydrogens is 1570 g/mol. The van der Waals surface area contributed by atoms with E-state index >= 15 is 0 Å². The molecule has 0 aliphatic rings. The Morgan fingerprint density at radius 3 is 0.840 bits per heavy atom.